The summed E-state index contributed by atoms with van der Waals surface area (Å²) in [5.74, 6) is -0.849. The first-order valence-electron chi connectivity index (χ1n) is 8.32. The minimum atomic E-state index is -0.359. The van der Waals surface area contributed by atoms with Crippen LogP contribution in [-0.4, -0.2) is 38.2 Å². The lowest BCUT2D eigenvalue weighted by Crippen LogP contribution is -2.01. The van der Waals surface area contributed by atoms with Crippen molar-refractivity contribution in [3.8, 4) is 0 Å². The molecule has 0 atom stereocenters. The van der Waals surface area contributed by atoms with E-state index < -0.39 is 0 Å². The van der Waals surface area contributed by atoms with E-state index in [0.717, 1.165) is 43.8 Å². The van der Waals surface area contributed by atoms with Crippen molar-refractivity contribution in [1.29, 1.82) is 0 Å². The molecule has 0 saturated carbocycles. The molecule has 0 fully saturated rings. The van der Waals surface area contributed by atoms with Gasteiger partial charge in [-0.1, -0.05) is 32.6 Å². The molecule has 0 radical (unpaired) electrons. The quantitative estimate of drug-likeness (QED) is 0.301. The van der Waals surface area contributed by atoms with E-state index in [-0.39, 0.29) is 17.9 Å². The molecule has 0 aromatic rings. The Labute approximate surface area is 150 Å². The van der Waals surface area contributed by atoms with Crippen molar-refractivity contribution >= 4 is 17.9 Å². The average molecular weight is 354 g/mol. The van der Waals surface area contributed by atoms with Gasteiger partial charge in [-0.3, -0.25) is 0 Å². The van der Waals surface area contributed by atoms with Crippen LogP contribution in [0.2, 0.25) is 0 Å². The zero-order chi connectivity index (χ0) is 19.5. The molecule has 0 bridgehead atoms. The van der Waals surface area contributed by atoms with E-state index in [2.05, 4.69) is 27.4 Å². The second kappa shape index (κ2) is 18.0. The van der Waals surface area contributed by atoms with Crippen molar-refractivity contribution in [2.75, 3.05) is 20.3 Å². The van der Waals surface area contributed by atoms with Gasteiger partial charge in [0.25, 0.3) is 0 Å². The van der Waals surface area contributed by atoms with Crippen molar-refractivity contribution in [3.63, 3.8) is 0 Å². The molecule has 0 amide bonds. The number of carbonyl (C=O) groups is 3. The Balaban J connectivity index is 0. The number of hydrogen-bond acceptors (Lipinski definition) is 6. The molecular formula is C19H30O6. The minimum Gasteiger partial charge on any atom is -0.466 e. The number of methoxy groups -OCH3 is 1. The maximum atomic E-state index is 10.7. The van der Waals surface area contributed by atoms with Gasteiger partial charge >= 0.3 is 17.9 Å². The Morgan fingerprint density at radius 3 is 2.08 bits per heavy atom. The molecule has 0 aromatic heterocycles. The van der Waals surface area contributed by atoms with Crippen LogP contribution in [0, 0.1) is 0 Å². The summed E-state index contributed by atoms with van der Waals surface area (Å²) in [6, 6.07) is 0. The van der Waals surface area contributed by atoms with E-state index in [0.29, 0.717) is 13.2 Å². The molecule has 1 aliphatic carbocycles. The van der Waals surface area contributed by atoms with Gasteiger partial charge in [0.1, 0.15) is 0 Å². The molecule has 0 aromatic carbocycles. The van der Waals surface area contributed by atoms with E-state index in [1.165, 1.54) is 13.2 Å². The number of ether oxygens (including phenoxy) is 3. The molecule has 142 valence electrons. The van der Waals surface area contributed by atoms with E-state index in [1.54, 1.807) is 6.92 Å². The maximum Gasteiger partial charge on any atom is 0.333 e. The van der Waals surface area contributed by atoms with Crippen LogP contribution in [0.3, 0.4) is 0 Å². The molecule has 0 unspecified atom stereocenters. The average Bonchev–Trinajstić information content (AvgIpc) is 3.17. The Hall–Kier alpha value is -2.37. The summed E-state index contributed by atoms with van der Waals surface area (Å²) in [5, 5.41) is 0. The standard InChI is InChI=1S/C7H10O2.C7H12O2.C5H8O2/c1-9-7(8)6-4-2-3-5-6;1-3-5-6-9-7(8)4-2;1-3-5(6)7-4-2/h4H,2-3,5H2,1H3;4H,2-3,5-6H2,1H3;3H,1,4H2,2H3. The lowest BCUT2D eigenvalue weighted by Gasteiger charge is -1.97. The molecule has 0 aliphatic heterocycles. The fourth-order valence-corrected chi connectivity index (χ4v) is 1.56. The highest BCUT2D eigenvalue weighted by molar-refractivity contribution is 5.88. The third-order valence-corrected chi connectivity index (χ3v) is 2.85. The van der Waals surface area contributed by atoms with Crippen molar-refractivity contribution < 1.29 is 28.6 Å². The summed E-state index contributed by atoms with van der Waals surface area (Å²) in [6.07, 6.45) is 9.27. The lowest BCUT2D eigenvalue weighted by atomic mass is 10.2. The third kappa shape index (κ3) is 16.3. The summed E-state index contributed by atoms with van der Waals surface area (Å²) < 4.78 is 13.6. The van der Waals surface area contributed by atoms with Crippen LogP contribution >= 0.6 is 0 Å². The zero-order valence-corrected chi connectivity index (χ0v) is 15.5. The molecule has 25 heavy (non-hydrogen) atoms. The Morgan fingerprint density at radius 2 is 1.72 bits per heavy atom. The van der Waals surface area contributed by atoms with Crippen LogP contribution in [0.1, 0.15) is 46.0 Å². The van der Waals surface area contributed by atoms with Crippen molar-refractivity contribution in [3.05, 3.63) is 37.0 Å². The van der Waals surface area contributed by atoms with Crippen LogP contribution in [0.5, 0.6) is 0 Å². The van der Waals surface area contributed by atoms with Crippen LogP contribution < -0.4 is 0 Å². The fourth-order valence-electron chi connectivity index (χ4n) is 1.56. The second-order valence-corrected chi connectivity index (χ2v) is 4.79. The fraction of sp³-hybridized carbons (Fsp3) is 0.526. The lowest BCUT2D eigenvalue weighted by molar-refractivity contribution is -0.138. The second-order valence-electron chi connectivity index (χ2n) is 4.79. The van der Waals surface area contributed by atoms with Gasteiger partial charge < -0.3 is 14.2 Å². The first-order chi connectivity index (χ1) is 12.0. The molecule has 0 spiro atoms. The van der Waals surface area contributed by atoms with Gasteiger partial charge in [0.2, 0.25) is 0 Å². The van der Waals surface area contributed by atoms with Crippen molar-refractivity contribution in [2.24, 2.45) is 0 Å². The number of esters is 3. The number of rotatable bonds is 7. The molecule has 1 rings (SSSR count). The first kappa shape index (κ1) is 24.9. The number of carbonyl (C=O) groups excluding carboxylic acids is 3. The Bertz CT molecular complexity index is 451. The van der Waals surface area contributed by atoms with Crippen molar-refractivity contribution in [1.82, 2.24) is 0 Å². The van der Waals surface area contributed by atoms with Crippen LogP contribution in [0.25, 0.3) is 0 Å². The Morgan fingerprint density at radius 1 is 1.12 bits per heavy atom. The molecule has 6 heteroatoms. The van der Waals surface area contributed by atoms with Gasteiger partial charge in [-0.2, -0.15) is 0 Å². The summed E-state index contributed by atoms with van der Waals surface area (Å²) in [6.45, 7) is 11.2. The van der Waals surface area contributed by atoms with E-state index in [1.807, 2.05) is 13.0 Å². The largest absolute Gasteiger partial charge is 0.466 e. The molecule has 1 aliphatic rings. The van der Waals surface area contributed by atoms with Crippen LogP contribution in [0.15, 0.2) is 37.0 Å². The maximum absolute atomic E-state index is 10.7. The van der Waals surface area contributed by atoms with Gasteiger partial charge in [0, 0.05) is 17.7 Å². The van der Waals surface area contributed by atoms with Gasteiger partial charge in [-0.15, -0.1) is 0 Å². The van der Waals surface area contributed by atoms with E-state index in [4.69, 9.17) is 0 Å². The van der Waals surface area contributed by atoms with E-state index >= 15 is 0 Å². The van der Waals surface area contributed by atoms with Gasteiger partial charge in [0.15, 0.2) is 0 Å². The summed E-state index contributed by atoms with van der Waals surface area (Å²) in [4.78, 5) is 31.1. The normalized spacial score (nSPS) is 11.4. The zero-order valence-electron chi connectivity index (χ0n) is 15.5. The van der Waals surface area contributed by atoms with Gasteiger partial charge in [-0.05, 0) is 32.6 Å². The number of unbranched alkanes of at least 4 members (excludes halogenated alkanes) is 1. The van der Waals surface area contributed by atoms with Crippen LogP contribution in [0.4, 0.5) is 0 Å². The molecule has 0 saturated heterocycles. The SMILES string of the molecule is C=CC(=O)OCC.C=CC(=O)OCCCC.COC(=O)C1=CCCC1. The summed E-state index contributed by atoms with van der Waals surface area (Å²) >= 11 is 0. The highest BCUT2D eigenvalue weighted by Gasteiger charge is 2.12. The number of hydrogen-bond donors (Lipinski definition) is 0. The van der Waals surface area contributed by atoms with Gasteiger partial charge in [0.05, 0.1) is 20.3 Å². The molecular weight excluding hydrogens is 324 g/mol. The Kier molecular flexibility index (Phi) is 17.9. The van der Waals surface area contributed by atoms with Crippen LogP contribution in [-0.2, 0) is 28.6 Å². The van der Waals surface area contributed by atoms with Gasteiger partial charge in [-0.25, -0.2) is 14.4 Å². The molecule has 0 N–H and O–H groups in total. The summed E-state index contributed by atoms with van der Waals surface area (Å²) in [5.41, 5.74) is 0.845. The molecule has 0 heterocycles. The highest BCUT2D eigenvalue weighted by atomic mass is 16.5. The minimum absolute atomic E-state index is 0.160. The predicted octanol–water partition coefficient (Wildman–Crippen LogP) is 3.52. The third-order valence-electron chi connectivity index (χ3n) is 2.85. The number of allylic oxidation sites excluding steroid dienone is 1. The van der Waals surface area contributed by atoms with Crippen molar-refractivity contribution in [2.45, 2.75) is 46.0 Å². The smallest absolute Gasteiger partial charge is 0.333 e. The topological polar surface area (TPSA) is 78.9 Å². The predicted molar refractivity (Wildman–Crippen MR) is 96.8 cm³/mol. The molecule has 6 nitrogen and oxygen atoms in total. The highest BCUT2D eigenvalue weighted by Crippen LogP contribution is 2.17. The first-order valence-corrected chi connectivity index (χ1v) is 8.32. The summed E-state index contributed by atoms with van der Waals surface area (Å²) in [7, 11) is 1.42. The monoisotopic (exact) mass is 354 g/mol. The van der Waals surface area contributed by atoms with E-state index in [9.17, 15) is 14.4 Å².